The molecule has 2 aromatic rings. The fraction of sp³-hybridized carbons (Fsp3) is 0.222. The third kappa shape index (κ3) is 3.54. The molecule has 2 aromatic carbocycles. The Kier molecular flexibility index (Phi) is 4.49. The normalized spacial score (nSPS) is 15.3. The molecule has 1 heterocycles. The van der Waals surface area contributed by atoms with Crippen LogP contribution in [0.1, 0.15) is 22.3 Å². The van der Waals surface area contributed by atoms with Crippen LogP contribution < -0.4 is 4.90 Å². The molecule has 0 N–H and O–H groups in total. The van der Waals surface area contributed by atoms with E-state index in [0.29, 0.717) is 18.2 Å². The van der Waals surface area contributed by atoms with Gasteiger partial charge in [-0.1, -0.05) is 18.2 Å². The molecule has 1 aliphatic rings. The number of carbonyl (C=O) groups is 1. The minimum Gasteiger partial charge on any atom is -0.313 e. The fourth-order valence-corrected chi connectivity index (χ4v) is 2.83. The van der Waals surface area contributed by atoms with E-state index in [4.69, 9.17) is 0 Å². The molecule has 0 atom stereocenters. The van der Waals surface area contributed by atoms with Gasteiger partial charge in [0.1, 0.15) is 6.54 Å². The topological polar surface area (TPSA) is 32.7 Å². The zero-order valence-corrected chi connectivity index (χ0v) is 13.8. The van der Waals surface area contributed by atoms with E-state index in [1.54, 1.807) is 6.07 Å². The van der Waals surface area contributed by atoms with Gasteiger partial charge in [0.15, 0.2) is 0 Å². The van der Waals surface area contributed by atoms with Gasteiger partial charge in [0, 0.05) is 18.2 Å². The number of aliphatic imine (C=N–C) groups is 1. The van der Waals surface area contributed by atoms with Crippen molar-refractivity contribution in [1.82, 2.24) is 0 Å². The standard InChI is InChI=1S/C18H12F6N2O/c1-26-14-5-3-2-4-11(14)16(25-9-15(26)27)12-8-10(17(19,20)21)6-7-13(12)18(22,23)24/h2-8H,9H2,1H3. The quantitative estimate of drug-likeness (QED) is 0.663. The van der Waals surface area contributed by atoms with Gasteiger partial charge in [0.05, 0.1) is 22.5 Å². The number of amides is 1. The number of benzodiazepines with no additional fused rings is 1. The van der Waals surface area contributed by atoms with E-state index >= 15 is 0 Å². The van der Waals surface area contributed by atoms with Gasteiger partial charge in [0.25, 0.3) is 0 Å². The molecule has 0 saturated carbocycles. The molecule has 0 aromatic heterocycles. The van der Waals surface area contributed by atoms with Crippen LogP contribution in [-0.2, 0) is 17.1 Å². The number of rotatable bonds is 1. The number of nitrogens with zero attached hydrogens (tertiary/aromatic N) is 2. The predicted molar refractivity (Wildman–Crippen MR) is 86.8 cm³/mol. The number of benzene rings is 2. The highest BCUT2D eigenvalue weighted by Crippen LogP contribution is 2.38. The predicted octanol–water partition coefficient (Wildman–Crippen LogP) is 4.54. The third-order valence-corrected chi connectivity index (χ3v) is 4.17. The van der Waals surface area contributed by atoms with Gasteiger partial charge >= 0.3 is 12.4 Å². The second-order valence-electron chi connectivity index (χ2n) is 5.89. The maximum Gasteiger partial charge on any atom is 0.417 e. The Balaban J connectivity index is 2.31. The fourth-order valence-electron chi connectivity index (χ4n) is 2.83. The van der Waals surface area contributed by atoms with Crippen molar-refractivity contribution >= 4 is 17.3 Å². The first-order valence-corrected chi connectivity index (χ1v) is 7.69. The number of alkyl halides is 6. The van der Waals surface area contributed by atoms with E-state index in [1.807, 2.05) is 0 Å². The van der Waals surface area contributed by atoms with Crippen LogP contribution in [0.3, 0.4) is 0 Å². The van der Waals surface area contributed by atoms with Crippen LogP contribution in [0.5, 0.6) is 0 Å². The highest BCUT2D eigenvalue weighted by atomic mass is 19.4. The first-order chi connectivity index (χ1) is 12.5. The van der Waals surface area contributed by atoms with Crippen LogP contribution >= 0.6 is 0 Å². The zero-order chi connectivity index (χ0) is 20.0. The summed E-state index contributed by atoms with van der Waals surface area (Å²) < 4.78 is 79.6. The molecule has 0 fully saturated rings. The summed E-state index contributed by atoms with van der Waals surface area (Å²) >= 11 is 0. The number of hydrogen-bond acceptors (Lipinski definition) is 2. The lowest BCUT2D eigenvalue weighted by atomic mass is 9.94. The van der Waals surface area contributed by atoms with Gasteiger partial charge in [-0.2, -0.15) is 26.3 Å². The first-order valence-electron chi connectivity index (χ1n) is 7.69. The lowest BCUT2D eigenvalue weighted by Crippen LogP contribution is -2.27. The number of carbonyl (C=O) groups excluding carboxylic acids is 1. The number of anilines is 1. The average Bonchev–Trinajstić information content (AvgIpc) is 2.71. The Hall–Kier alpha value is -2.84. The SMILES string of the molecule is CN1C(=O)CN=C(c2cc(C(F)(F)F)ccc2C(F)(F)F)c2ccccc21. The van der Waals surface area contributed by atoms with Crippen LogP contribution in [0, 0.1) is 0 Å². The van der Waals surface area contributed by atoms with E-state index in [0.717, 1.165) is 0 Å². The lowest BCUT2D eigenvalue weighted by molar-refractivity contribution is -0.141. The summed E-state index contributed by atoms with van der Waals surface area (Å²) in [6.07, 6.45) is -9.71. The Morgan fingerprint density at radius 3 is 2.22 bits per heavy atom. The van der Waals surface area contributed by atoms with Crippen molar-refractivity contribution in [2.45, 2.75) is 12.4 Å². The Labute approximate surface area is 149 Å². The van der Waals surface area contributed by atoms with Gasteiger partial charge < -0.3 is 4.90 Å². The lowest BCUT2D eigenvalue weighted by Gasteiger charge is -2.20. The van der Waals surface area contributed by atoms with Crippen molar-refractivity contribution in [3.63, 3.8) is 0 Å². The third-order valence-electron chi connectivity index (χ3n) is 4.17. The Morgan fingerprint density at radius 2 is 1.59 bits per heavy atom. The minimum absolute atomic E-state index is 0.149. The largest absolute Gasteiger partial charge is 0.417 e. The summed E-state index contributed by atoms with van der Waals surface area (Å²) in [6.45, 7) is -0.478. The van der Waals surface area contributed by atoms with Crippen molar-refractivity contribution < 1.29 is 31.1 Å². The summed E-state index contributed by atoms with van der Waals surface area (Å²) in [6, 6.07) is 7.20. The average molecular weight is 386 g/mol. The van der Waals surface area contributed by atoms with Crippen molar-refractivity contribution in [1.29, 1.82) is 0 Å². The van der Waals surface area contributed by atoms with E-state index in [2.05, 4.69) is 4.99 Å². The van der Waals surface area contributed by atoms with Crippen molar-refractivity contribution in [2.24, 2.45) is 4.99 Å². The molecule has 0 aliphatic carbocycles. The van der Waals surface area contributed by atoms with E-state index in [-0.39, 0.29) is 17.0 Å². The highest BCUT2D eigenvalue weighted by molar-refractivity contribution is 6.20. The van der Waals surface area contributed by atoms with Crippen molar-refractivity contribution in [2.75, 3.05) is 18.5 Å². The number of halogens is 6. The molecule has 9 heteroatoms. The van der Waals surface area contributed by atoms with Crippen molar-refractivity contribution in [3.05, 3.63) is 64.7 Å². The summed E-state index contributed by atoms with van der Waals surface area (Å²) in [7, 11) is 1.43. The molecule has 1 aliphatic heterocycles. The molecule has 0 saturated heterocycles. The van der Waals surface area contributed by atoms with Gasteiger partial charge in [-0.25, -0.2) is 0 Å². The molecule has 0 radical (unpaired) electrons. The second-order valence-corrected chi connectivity index (χ2v) is 5.89. The number of para-hydroxylation sites is 1. The van der Waals surface area contributed by atoms with Crippen molar-refractivity contribution in [3.8, 4) is 0 Å². The molecule has 0 unspecified atom stereocenters. The van der Waals surface area contributed by atoms with E-state index < -0.39 is 41.5 Å². The first kappa shape index (κ1) is 18.9. The maximum atomic E-state index is 13.4. The summed E-state index contributed by atoms with van der Waals surface area (Å²) in [4.78, 5) is 17.2. The van der Waals surface area contributed by atoms with Crippen LogP contribution in [-0.4, -0.2) is 25.2 Å². The Bertz CT molecular complexity index is 930. The monoisotopic (exact) mass is 386 g/mol. The smallest absolute Gasteiger partial charge is 0.313 e. The van der Waals surface area contributed by atoms with Crippen LogP contribution in [0.4, 0.5) is 32.0 Å². The van der Waals surface area contributed by atoms with E-state index in [1.165, 1.54) is 30.1 Å². The number of likely N-dealkylation sites (N-methyl/N-ethyl adjacent to an activating group) is 1. The molecular weight excluding hydrogens is 374 g/mol. The van der Waals surface area contributed by atoms with Crippen LogP contribution in [0.25, 0.3) is 0 Å². The van der Waals surface area contributed by atoms with E-state index in [9.17, 15) is 31.1 Å². The summed E-state index contributed by atoms with van der Waals surface area (Å²) in [5.41, 5.74) is -3.08. The number of hydrogen-bond donors (Lipinski definition) is 0. The molecule has 3 nitrogen and oxygen atoms in total. The molecule has 0 bridgehead atoms. The van der Waals surface area contributed by atoms with Gasteiger partial charge in [0.2, 0.25) is 5.91 Å². The number of fused-ring (bicyclic) bond motifs is 1. The van der Waals surface area contributed by atoms with Gasteiger partial charge in [-0.15, -0.1) is 0 Å². The minimum atomic E-state index is -4.89. The molecule has 1 amide bonds. The van der Waals surface area contributed by atoms with Crippen LogP contribution in [0.2, 0.25) is 0 Å². The van der Waals surface area contributed by atoms with Gasteiger partial charge in [-0.3, -0.25) is 9.79 Å². The molecule has 27 heavy (non-hydrogen) atoms. The maximum absolute atomic E-state index is 13.4. The zero-order valence-electron chi connectivity index (χ0n) is 13.8. The molecule has 142 valence electrons. The molecule has 0 spiro atoms. The van der Waals surface area contributed by atoms with Crippen LogP contribution in [0.15, 0.2) is 47.5 Å². The second kappa shape index (κ2) is 6.40. The Morgan fingerprint density at radius 1 is 0.926 bits per heavy atom. The summed E-state index contributed by atoms with van der Waals surface area (Å²) in [5.74, 6) is -0.488. The molecule has 3 rings (SSSR count). The molecular formula is C18H12F6N2O. The summed E-state index contributed by atoms with van der Waals surface area (Å²) in [5, 5.41) is 0. The highest BCUT2D eigenvalue weighted by Gasteiger charge is 2.39. The van der Waals surface area contributed by atoms with Gasteiger partial charge in [-0.05, 0) is 24.3 Å².